The number of H-pyrrole nitrogens is 1. The lowest BCUT2D eigenvalue weighted by Crippen LogP contribution is -2.30. The number of esters is 1. The summed E-state index contributed by atoms with van der Waals surface area (Å²) in [6.45, 7) is -0.0670. The highest BCUT2D eigenvalue weighted by molar-refractivity contribution is 7.80. The molecule has 0 saturated carbocycles. The molecule has 0 radical (unpaired) electrons. The molecule has 190 valence electrons. The normalized spacial score (nSPS) is 19.1. The Bertz CT molecular complexity index is 1550. The van der Waals surface area contributed by atoms with Gasteiger partial charge in [-0.25, -0.2) is 4.79 Å². The number of carbonyl (C=O) groups excluding carboxylic acids is 1. The van der Waals surface area contributed by atoms with Crippen molar-refractivity contribution in [3.8, 4) is 0 Å². The number of nitrogen functional groups attached to an aromatic ring is 1. The van der Waals surface area contributed by atoms with E-state index in [1.54, 1.807) is 30.3 Å². The number of rotatable bonds is 7. The Hall–Kier alpha value is -3.87. The van der Waals surface area contributed by atoms with E-state index in [1.165, 1.54) is 4.57 Å². The number of thiazole rings is 1. The van der Waals surface area contributed by atoms with E-state index in [0.29, 0.717) is 17.0 Å². The summed E-state index contributed by atoms with van der Waals surface area (Å²) in [5.74, 6) is -0.628. The van der Waals surface area contributed by atoms with E-state index in [-0.39, 0.29) is 29.3 Å². The molecule has 5 rings (SSSR count). The molecule has 0 amide bonds. The monoisotopic (exact) mass is 538 g/mol. The lowest BCUT2D eigenvalue weighted by molar-refractivity contribution is -0.0513. The second kappa shape index (κ2) is 10.6. The van der Waals surface area contributed by atoms with Gasteiger partial charge in [-0.05, 0) is 29.9 Å². The largest absolute Gasteiger partial charge is 0.479 e. The summed E-state index contributed by atoms with van der Waals surface area (Å²) < 4.78 is 19.1. The maximum Gasteiger partial charge on any atom is 0.338 e. The summed E-state index contributed by atoms with van der Waals surface area (Å²) in [4.78, 5) is 43.8. The van der Waals surface area contributed by atoms with Crippen LogP contribution in [-0.2, 0) is 20.6 Å². The van der Waals surface area contributed by atoms with Gasteiger partial charge in [-0.15, -0.1) is 0 Å². The molecular weight excluding hydrogens is 516 g/mol. The van der Waals surface area contributed by atoms with Crippen molar-refractivity contribution in [3.05, 3.63) is 91.8 Å². The fraction of sp³-hybridized carbons (Fsp3) is 0.240. The molecule has 3 atom stereocenters. The third kappa shape index (κ3) is 5.45. The fourth-order valence-corrected chi connectivity index (χ4v) is 5.26. The van der Waals surface area contributed by atoms with E-state index in [1.807, 2.05) is 30.3 Å². The number of hydrogen-bond donors (Lipinski definition) is 2. The zero-order chi connectivity index (χ0) is 25.9. The van der Waals surface area contributed by atoms with E-state index in [9.17, 15) is 14.4 Å². The quantitative estimate of drug-likeness (QED) is 0.269. The smallest absolute Gasteiger partial charge is 0.338 e. The highest BCUT2D eigenvalue weighted by Crippen LogP contribution is 2.33. The van der Waals surface area contributed by atoms with Crippen LogP contribution < -0.4 is 16.2 Å². The fourth-order valence-electron chi connectivity index (χ4n) is 4.13. The lowest BCUT2D eigenvalue weighted by atomic mass is 10.1. The van der Waals surface area contributed by atoms with Crippen LogP contribution in [0.15, 0.2) is 70.3 Å². The summed E-state index contributed by atoms with van der Waals surface area (Å²) in [5, 5.41) is 0.310. The first-order chi connectivity index (χ1) is 17.9. The number of aromatic amines is 1. The van der Waals surface area contributed by atoms with E-state index in [2.05, 4.69) is 9.97 Å². The predicted molar refractivity (Wildman–Crippen MR) is 142 cm³/mol. The Kier molecular flexibility index (Phi) is 7.12. The minimum Gasteiger partial charge on any atom is -0.479 e. The van der Waals surface area contributed by atoms with Crippen LogP contribution in [0.25, 0.3) is 10.3 Å². The number of nitrogens with one attached hydrogen (secondary N) is 1. The van der Waals surface area contributed by atoms with Crippen LogP contribution in [0.4, 0.5) is 5.95 Å². The summed E-state index contributed by atoms with van der Waals surface area (Å²) in [7, 11) is 0. The van der Waals surface area contributed by atoms with Crippen molar-refractivity contribution >= 4 is 50.9 Å². The Balaban J connectivity index is 1.40. The number of fused-ring (bicyclic) bond motifs is 1. The molecule has 12 heteroatoms. The maximum absolute atomic E-state index is 13.0. The van der Waals surface area contributed by atoms with Gasteiger partial charge in [-0.3, -0.25) is 19.1 Å². The molecule has 3 heterocycles. The van der Waals surface area contributed by atoms with Gasteiger partial charge in [0.05, 0.1) is 11.7 Å². The number of aromatic nitrogens is 3. The van der Waals surface area contributed by atoms with Gasteiger partial charge in [0.2, 0.25) is 5.95 Å². The number of carbonyl (C=O) groups is 1. The van der Waals surface area contributed by atoms with E-state index < -0.39 is 34.8 Å². The standard InChI is InChI=1S/C25H22N4O6S2/c26-24-27-20-19(21(30)28-24)37-25(32)29(20)22-17(35-18(36)11-14-7-3-1-4-8-14)12-16(34-22)13-33-23(31)15-9-5-2-6-10-15/h1-10,16-17,22H,11-13H2,(H3,26,27,28,30)/t16-,17+,22+/m0/s1. The van der Waals surface area contributed by atoms with Gasteiger partial charge >= 0.3 is 10.8 Å². The molecule has 1 aliphatic heterocycles. The molecule has 10 nitrogen and oxygen atoms in total. The van der Waals surface area contributed by atoms with E-state index in [0.717, 1.165) is 16.9 Å². The Morgan fingerprint density at radius 1 is 1.16 bits per heavy atom. The van der Waals surface area contributed by atoms with Crippen LogP contribution in [0.5, 0.6) is 0 Å². The van der Waals surface area contributed by atoms with Gasteiger partial charge in [-0.1, -0.05) is 59.9 Å². The van der Waals surface area contributed by atoms with Crippen molar-refractivity contribution in [2.45, 2.75) is 31.3 Å². The average Bonchev–Trinajstić information content (AvgIpc) is 3.43. The third-order valence-corrected chi connectivity index (χ3v) is 6.96. The minimum atomic E-state index is -0.968. The van der Waals surface area contributed by atoms with Crippen molar-refractivity contribution in [3.63, 3.8) is 0 Å². The van der Waals surface area contributed by atoms with Gasteiger partial charge in [0.1, 0.15) is 17.4 Å². The van der Waals surface area contributed by atoms with Gasteiger partial charge < -0.3 is 19.9 Å². The maximum atomic E-state index is 13.0. The third-order valence-electron chi connectivity index (χ3n) is 5.78. The molecule has 1 fully saturated rings. The molecule has 0 bridgehead atoms. The number of benzene rings is 2. The topological polar surface area (TPSA) is 139 Å². The second-order valence-electron chi connectivity index (χ2n) is 8.38. The first kappa shape index (κ1) is 24.8. The van der Waals surface area contributed by atoms with Crippen LogP contribution >= 0.6 is 23.6 Å². The number of nitrogens with zero attached hydrogens (tertiary/aromatic N) is 2. The van der Waals surface area contributed by atoms with Crippen LogP contribution in [0.3, 0.4) is 0 Å². The second-order valence-corrected chi connectivity index (χ2v) is 9.80. The number of anilines is 1. The summed E-state index contributed by atoms with van der Waals surface area (Å²) in [6.07, 6.45) is -1.59. The van der Waals surface area contributed by atoms with Gasteiger partial charge in [0.15, 0.2) is 16.9 Å². The number of thiocarbonyl (C=S) groups is 1. The first-order valence-corrected chi connectivity index (χ1v) is 12.6. The summed E-state index contributed by atoms with van der Waals surface area (Å²) in [6, 6.07) is 18.2. The van der Waals surface area contributed by atoms with Crippen LogP contribution in [0.1, 0.15) is 28.6 Å². The molecular formula is C25H22N4O6S2. The zero-order valence-electron chi connectivity index (χ0n) is 19.4. The molecule has 0 aliphatic carbocycles. The lowest BCUT2D eigenvalue weighted by Gasteiger charge is -2.21. The molecule has 37 heavy (non-hydrogen) atoms. The van der Waals surface area contributed by atoms with Crippen molar-refractivity contribution in [2.24, 2.45) is 0 Å². The van der Waals surface area contributed by atoms with Crippen molar-refractivity contribution < 1.29 is 19.0 Å². The molecule has 3 N–H and O–H groups in total. The molecule has 0 spiro atoms. The van der Waals surface area contributed by atoms with Gasteiger partial charge in [0.25, 0.3) is 5.56 Å². The summed E-state index contributed by atoms with van der Waals surface area (Å²) in [5.41, 5.74) is 6.68. The van der Waals surface area contributed by atoms with E-state index in [4.69, 9.17) is 32.2 Å². The highest BCUT2D eigenvalue weighted by atomic mass is 32.1. The van der Waals surface area contributed by atoms with Crippen LogP contribution in [0.2, 0.25) is 0 Å². The zero-order valence-corrected chi connectivity index (χ0v) is 21.0. The Morgan fingerprint density at radius 3 is 2.59 bits per heavy atom. The van der Waals surface area contributed by atoms with Crippen molar-refractivity contribution in [1.29, 1.82) is 0 Å². The number of nitrogens with two attached hydrogens (primary N) is 1. The van der Waals surface area contributed by atoms with Crippen molar-refractivity contribution in [2.75, 3.05) is 12.3 Å². The molecule has 1 aliphatic rings. The molecule has 4 aromatic rings. The number of hydrogen-bond acceptors (Lipinski definition) is 10. The van der Waals surface area contributed by atoms with Crippen molar-refractivity contribution in [1.82, 2.24) is 14.5 Å². The first-order valence-electron chi connectivity index (χ1n) is 11.4. The Labute approximate surface area is 219 Å². The Morgan fingerprint density at radius 2 is 1.86 bits per heavy atom. The molecule has 2 aromatic heterocycles. The average molecular weight is 539 g/mol. The number of ether oxygens (including phenoxy) is 3. The van der Waals surface area contributed by atoms with Gasteiger partial charge in [0, 0.05) is 12.8 Å². The minimum absolute atomic E-state index is 0.0670. The highest BCUT2D eigenvalue weighted by Gasteiger charge is 2.41. The van der Waals surface area contributed by atoms with Crippen LogP contribution in [-0.4, -0.2) is 44.4 Å². The SMILES string of the molecule is Nc1nc2c(sc(=O)n2[C@@H]2O[C@H](COC(=O)c3ccccc3)C[C@H]2OC(=S)Cc2ccccc2)c(=O)[nH]1. The summed E-state index contributed by atoms with van der Waals surface area (Å²) >= 11 is 6.23. The van der Waals surface area contributed by atoms with Gasteiger partial charge in [-0.2, -0.15) is 4.98 Å². The molecule has 1 saturated heterocycles. The predicted octanol–water partition coefficient (Wildman–Crippen LogP) is 2.83. The van der Waals surface area contributed by atoms with Crippen LogP contribution in [0, 0.1) is 0 Å². The molecule has 0 unspecified atom stereocenters. The van der Waals surface area contributed by atoms with E-state index >= 15 is 0 Å². The molecule has 2 aromatic carbocycles.